The summed E-state index contributed by atoms with van der Waals surface area (Å²) in [7, 11) is 3.23. The predicted molar refractivity (Wildman–Crippen MR) is 89.6 cm³/mol. The molecule has 0 radical (unpaired) electrons. The molecule has 0 unspecified atom stereocenters. The fourth-order valence-electron chi connectivity index (χ4n) is 1.88. The van der Waals surface area contributed by atoms with Gasteiger partial charge in [-0.15, -0.1) is 0 Å². The lowest BCUT2D eigenvalue weighted by atomic mass is 10.2. The third-order valence-electron chi connectivity index (χ3n) is 2.91. The van der Waals surface area contributed by atoms with Gasteiger partial charge in [-0.2, -0.15) is 0 Å². The van der Waals surface area contributed by atoms with Crippen molar-refractivity contribution in [2.75, 3.05) is 24.3 Å². The lowest BCUT2D eigenvalue weighted by molar-refractivity contribution is -0.384. The molecule has 23 heavy (non-hydrogen) atoms. The van der Waals surface area contributed by atoms with Crippen molar-refractivity contribution in [1.29, 1.82) is 0 Å². The van der Waals surface area contributed by atoms with Crippen molar-refractivity contribution >= 4 is 46.4 Å². The zero-order valence-electron chi connectivity index (χ0n) is 12.2. The maximum atomic E-state index is 12.3. The quantitative estimate of drug-likeness (QED) is 0.669. The van der Waals surface area contributed by atoms with Gasteiger partial charge >= 0.3 is 5.69 Å². The van der Waals surface area contributed by atoms with Gasteiger partial charge in [0.1, 0.15) is 5.82 Å². The first-order valence-corrected chi connectivity index (χ1v) is 7.15. The summed E-state index contributed by atoms with van der Waals surface area (Å²) in [6.07, 6.45) is 0. The predicted octanol–water partition coefficient (Wildman–Crippen LogP) is 3.61. The molecule has 2 rings (SSSR count). The van der Waals surface area contributed by atoms with Gasteiger partial charge in [-0.1, -0.05) is 29.3 Å². The molecule has 120 valence electrons. The van der Waals surface area contributed by atoms with Gasteiger partial charge in [0.05, 0.1) is 20.5 Å². The summed E-state index contributed by atoms with van der Waals surface area (Å²) in [4.78, 5) is 28.3. The number of nitro groups is 1. The molecule has 0 fully saturated rings. The number of amides is 1. The number of nitrogens with zero attached hydrogens (tertiary/aromatic N) is 3. The van der Waals surface area contributed by atoms with Crippen molar-refractivity contribution < 1.29 is 9.72 Å². The standard InChI is InChI=1S/C14H12Cl2N4O3/c1-19(2)13-10(20(22)23)6-7-11(17-13)18-14(21)12-8(15)4-3-5-9(12)16/h3-7H,1-2H3,(H,17,18,21). The Morgan fingerprint density at radius 2 is 1.83 bits per heavy atom. The van der Waals surface area contributed by atoms with E-state index in [0.717, 1.165) is 0 Å². The summed E-state index contributed by atoms with van der Waals surface area (Å²) >= 11 is 12.0. The van der Waals surface area contributed by atoms with Crippen LogP contribution in [0, 0.1) is 10.1 Å². The third kappa shape index (κ3) is 3.69. The van der Waals surface area contributed by atoms with Crippen LogP contribution in [0.2, 0.25) is 10.0 Å². The fourth-order valence-corrected chi connectivity index (χ4v) is 2.44. The van der Waals surface area contributed by atoms with E-state index < -0.39 is 10.8 Å². The van der Waals surface area contributed by atoms with E-state index in [-0.39, 0.29) is 32.9 Å². The van der Waals surface area contributed by atoms with E-state index in [1.165, 1.54) is 29.2 Å². The number of halogens is 2. The molecule has 1 aromatic carbocycles. The first-order valence-electron chi connectivity index (χ1n) is 6.39. The Kier molecular flexibility index (Phi) is 5.02. The number of hydrogen-bond acceptors (Lipinski definition) is 5. The fraction of sp³-hybridized carbons (Fsp3) is 0.143. The summed E-state index contributed by atoms with van der Waals surface area (Å²) < 4.78 is 0. The largest absolute Gasteiger partial charge is 0.357 e. The first kappa shape index (κ1) is 17.0. The van der Waals surface area contributed by atoms with E-state index in [0.29, 0.717) is 0 Å². The summed E-state index contributed by atoms with van der Waals surface area (Å²) in [5.41, 5.74) is -0.0498. The number of carbonyl (C=O) groups excluding carboxylic acids is 1. The van der Waals surface area contributed by atoms with Crippen LogP contribution in [0.1, 0.15) is 10.4 Å². The van der Waals surface area contributed by atoms with E-state index in [2.05, 4.69) is 10.3 Å². The van der Waals surface area contributed by atoms with Crippen molar-refractivity contribution in [2.45, 2.75) is 0 Å². The van der Waals surface area contributed by atoms with Crippen LogP contribution in [0.3, 0.4) is 0 Å². The van der Waals surface area contributed by atoms with Gasteiger partial charge in [0.15, 0.2) is 0 Å². The number of benzene rings is 1. The van der Waals surface area contributed by atoms with E-state index in [1.807, 2.05) is 0 Å². The highest BCUT2D eigenvalue weighted by molar-refractivity contribution is 6.40. The molecule has 0 saturated heterocycles. The highest BCUT2D eigenvalue weighted by Gasteiger charge is 2.20. The van der Waals surface area contributed by atoms with Crippen LogP contribution in [0.4, 0.5) is 17.3 Å². The third-order valence-corrected chi connectivity index (χ3v) is 3.54. The van der Waals surface area contributed by atoms with Crippen LogP contribution in [0.5, 0.6) is 0 Å². The molecule has 7 nitrogen and oxygen atoms in total. The Balaban J connectivity index is 2.35. The number of pyridine rings is 1. The summed E-state index contributed by atoms with van der Waals surface area (Å²) in [6.45, 7) is 0. The Hall–Kier alpha value is -2.38. The minimum Gasteiger partial charge on any atom is -0.357 e. The van der Waals surface area contributed by atoms with Crippen LogP contribution in [0.15, 0.2) is 30.3 Å². The van der Waals surface area contributed by atoms with Crippen molar-refractivity contribution in [3.63, 3.8) is 0 Å². The Bertz CT molecular complexity index is 760. The van der Waals surface area contributed by atoms with Gasteiger partial charge in [-0.05, 0) is 18.2 Å². The zero-order chi connectivity index (χ0) is 17.1. The van der Waals surface area contributed by atoms with Crippen LogP contribution in [0.25, 0.3) is 0 Å². The number of hydrogen-bond donors (Lipinski definition) is 1. The number of rotatable bonds is 4. The Morgan fingerprint density at radius 3 is 2.35 bits per heavy atom. The normalized spacial score (nSPS) is 10.3. The highest BCUT2D eigenvalue weighted by atomic mass is 35.5. The summed E-state index contributed by atoms with van der Waals surface area (Å²) in [5, 5.41) is 13.9. The molecular weight excluding hydrogens is 343 g/mol. The monoisotopic (exact) mass is 354 g/mol. The van der Waals surface area contributed by atoms with Crippen molar-refractivity contribution in [1.82, 2.24) is 4.98 Å². The molecule has 0 bridgehead atoms. The van der Waals surface area contributed by atoms with Gasteiger partial charge < -0.3 is 10.2 Å². The molecule has 1 amide bonds. The first-order chi connectivity index (χ1) is 10.8. The molecule has 1 aromatic heterocycles. The second-order valence-electron chi connectivity index (χ2n) is 4.74. The summed E-state index contributed by atoms with van der Waals surface area (Å²) in [5.74, 6) is -0.273. The molecule has 0 aliphatic carbocycles. The number of carbonyl (C=O) groups is 1. The van der Waals surface area contributed by atoms with Crippen LogP contribution >= 0.6 is 23.2 Å². The van der Waals surface area contributed by atoms with Gasteiger partial charge in [0, 0.05) is 20.2 Å². The number of anilines is 2. The van der Waals surface area contributed by atoms with Crippen molar-refractivity contribution in [3.8, 4) is 0 Å². The van der Waals surface area contributed by atoms with Crippen LogP contribution < -0.4 is 10.2 Å². The SMILES string of the molecule is CN(C)c1nc(NC(=O)c2c(Cl)cccc2Cl)ccc1[N+](=O)[O-]. The smallest absolute Gasteiger partial charge is 0.311 e. The minimum atomic E-state index is -0.549. The van der Waals surface area contributed by atoms with Crippen molar-refractivity contribution in [3.05, 3.63) is 56.1 Å². The molecule has 0 spiro atoms. The molecule has 0 atom stereocenters. The second-order valence-corrected chi connectivity index (χ2v) is 5.56. The molecule has 1 N–H and O–H groups in total. The van der Waals surface area contributed by atoms with Crippen LogP contribution in [-0.4, -0.2) is 29.9 Å². The lowest BCUT2D eigenvalue weighted by Crippen LogP contribution is -2.17. The number of aromatic nitrogens is 1. The van der Waals surface area contributed by atoms with E-state index in [9.17, 15) is 14.9 Å². The molecular formula is C14H12Cl2N4O3. The Labute approximate surface area is 142 Å². The van der Waals surface area contributed by atoms with Gasteiger partial charge in [-0.25, -0.2) is 4.98 Å². The van der Waals surface area contributed by atoms with Gasteiger partial charge in [0.25, 0.3) is 5.91 Å². The molecule has 1 heterocycles. The molecule has 0 aliphatic heterocycles. The minimum absolute atomic E-state index is 0.113. The lowest BCUT2D eigenvalue weighted by Gasteiger charge is -2.13. The number of nitrogens with one attached hydrogen (secondary N) is 1. The van der Waals surface area contributed by atoms with E-state index in [4.69, 9.17) is 23.2 Å². The van der Waals surface area contributed by atoms with Gasteiger partial charge in [-0.3, -0.25) is 14.9 Å². The summed E-state index contributed by atoms with van der Waals surface area (Å²) in [6, 6.07) is 7.31. The Morgan fingerprint density at radius 1 is 1.22 bits per heavy atom. The molecule has 9 heteroatoms. The second kappa shape index (κ2) is 6.80. The average molecular weight is 355 g/mol. The van der Waals surface area contributed by atoms with Gasteiger partial charge in [0.2, 0.25) is 5.82 Å². The van der Waals surface area contributed by atoms with Crippen molar-refractivity contribution in [2.24, 2.45) is 0 Å². The van der Waals surface area contributed by atoms with E-state index >= 15 is 0 Å². The average Bonchev–Trinajstić information content (AvgIpc) is 2.46. The van der Waals surface area contributed by atoms with Crippen LogP contribution in [-0.2, 0) is 0 Å². The maximum Gasteiger partial charge on any atom is 0.311 e. The topological polar surface area (TPSA) is 88.4 Å². The molecule has 0 saturated carbocycles. The molecule has 0 aliphatic rings. The van der Waals surface area contributed by atoms with E-state index in [1.54, 1.807) is 20.2 Å². The molecule has 2 aromatic rings. The maximum absolute atomic E-state index is 12.3. The highest BCUT2D eigenvalue weighted by Crippen LogP contribution is 2.28. The zero-order valence-corrected chi connectivity index (χ0v) is 13.7.